The van der Waals surface area contributed by atoms with Gasteiger partial charge in [-0.2, -0.15) is 5.10 Å². The lowest BCUT2D eigenvalue weighted by Crippen LogP contribution is -2.51. The van der Waals surface area contributed by atoms with Crippen LogP contribution in [0, 0.1) is 20.2 Å². The number of nitrogens with one attached hydrogen (secondary N) is 1. The molecule has 3 rings (SSSR count). The third-order valence-corrected chi connectivity index (χ3v) is 5.60. The molecule has 0 radical (unpaired) electrons. The van der Waals surface area contributed by atoms with Crippen LogP contribution in [0.4, 0.5) is 22.7 Å². The van der Waals surface area contributed by atoms with Crippen LogP contribution in [-0.4, -0.2) is 27.6 Å². The zero-order valence-electron chi connectivity index (χ0n) is 18.3. The van der Waals surface area contributed by atoms with Crippen molar-refractivity contribution in [3.8, 4) is 0 Å². The number of hydrazone groups is 1. The molecule has 1 atom stereocenters. The van der Waals surface area contributed by atoms with Gasteiger partial charge in [0.15, 0.2) is 0 Å². The molecule has 31 heavy (non-hydrogen) atoms. The molecule has 0 unspecified atom stereocenters. The van der Waals surface area contributed by atoms with Crippen LogP contribution >= 0.6 is 0 Å². The second-order valence-corrected chi connectivity index (χ2v) is 8.79. The van der Waals surface area contributed by atoms with Crippen molar-refractivity contribution in [1.82, 2.24) is 0 Å². The summed E-state index contributed by atoms with van der Waals surface area (Å²) in [4.78, 5) is 23.2. The summed E-state index contributed by atoms with van der Waals surface area (Å²) in [6.45, 7) is 11.1. The molecule has 1 heterocycles. The van der Waals surface area contributed by atoms with E-state index >= 15 is 0 Å². The molecule has 1 aliphatic rings. The van der Waals surface area contributed by atoms with Gasteiger partial charge in [-0.3, -0.25) is 25.7 Å². The summed E-state index contributed by atoms with van der Waals surface area (Å²) >= 11 is 0. The monoisotopic (exact) mass is 425 g/mol. The van der Waals surface area contributed by atoms with Gasteiger partial charge in [-0.15, -0.1) is 0 Å². The maximum atomic E-state index is 11.3. The van der Waals surface area contributed by atoms with Crippen molar-refractivity contribution in [2.75, 3.05) is 10.3 Å². The van der Waals surface area contributed by atoms with E-state index in [0.717, 1.165) is 18.1 Å². The smallest absolute Gasteiger partial charge is 0.301 e. The molecule has 0 saturated carbocycles. The van der Waals surface area contributed by atoms with E-state index in [2.05, 4.69) is 62.2 Å². The number of hydrogen-bond acceptors (Lipinski definition) is 7. The molecule has 9 nitrogen and oxygen atoms in total. The summed E-state index contributed by atoms with van der Waals surface area (Å²) in [5, 5.41) is 26.2. The fourth-order valence-electron chi connectivity index (χ4n) is 4.58. The number of nitro groups is 2. The molecule has 9 heteroatoms. The van der Waals surface area contributed by atoms with E-state index in [9.17, 15) is 20.2 Å². The average molecular weight is 425 g/mol. The summed E-state index contributed by atoms with van der Waals surface area (Å²) in [5.74, 6) is 0.386. The lowest BCUT2D eigenvalue weighted by molar-refractivity contribution is -0.393. The fraction of sp³-hybridized carbons (Fsp3) is 0.409. The van der Waals surface area contributed by atoms with E-state index in [1.807, 2.05) is 6.07 Å². The summed E-state index contributed by atoms with van der Waals surface area (Å²) < 4.78 is 0. The Labute approximate surface area is 181 Å². The largest absolute Gasteiger partial charge is 0.364 e. The van der Waals surface area contributed by atoms with Crippen LogP contribution in [0.3, 0.4) is 0 Å². The van der Waals surface area contributed by atoms with Crippen LogP contribution in [-0.2, 0) is 0 Å². The normalized spacial score (nSPS) is 17.6. The van der Waals surface area contributed by atoms with Crippen LogP contribution in [0.25, 0.3) is 0 Å². The van der Waals surface area contributed by atoms with Gasteiger partial charge in [0, 0.05) is 23.3 Å². The Morgan fingerprint density at radius 2 is 1.87 bits per heavy atom. The molecule has 0 bridgehead atoms. The third kappa shape index (κ3) is 4.50. The van der Waals surface area contributed by atoms with Crippen molar-refractivity contribution in [2.24, 2.45) is 5.10 Å². The molecule has 1 N–H and O–H groups in total. The molecule has 2 aromatic rings. The van der Waals surface area contributed by atoms with Gasteiger partial charge in [-0.25, -0.2) is 0 Å². The fourth-order valence-corrected chi connectivity index (χ4v) is 4.58. The zero-order valence-corrected chi connectivity index (χ0v) is 18.3. The Balaban J connectivity index is 1.86. The minimum Gasteiger partial charge on any atom is -0.364 e. The van der Waals surface area contributed by atoms with E-state index in [0.29, 0.717) is 12.0 Å². The van der Waals surface area contributed by atoms with E-state index in [1.165, 1.54) is 23.4 Å². The van der Waals surface area contributed by atoms with Crippen molar-refractivity contribution in [1.29, 1.82) is 0 Å². The van der Waals surface area contributed by atoms with Crippen LogP contribution in [0.1, 0.15) is 58.1 Å². The first-order valence-corrected chi connectivity index (χ1v) is 10.2. The lowest BCUT2D eigenvalue weighted by atomic mass is 9.79. The first kappa shape index (κ1) is 22.2. The molecule has 0 amide bonds. The maximum absolute atomic E-state index is 11.3. The van der Waals surface area contributed by atoms with E-state index in [1.54, 1.807) is 6.21 Å². The first-order chi connectivity index (χ1) is 14.5. The van der Waals surface area contributed by atoms with Crippen LogP contribution < -0.4 is 10.3 Å². The molecule has 0 fully saturated rings. The summed E-state index contributed by atoms with van der Waals surface area (Å²) in [6.07, 6.45) is 2.63. The quantitative estimate of drug-likeness (QED) is 0.374. The SMILES string of the molecule is CC(C)N1c2ccc(/C=N\Nc3ccc([N+](=O)[O-])cc3[N+](=O)[O-])cc2[C@H](C)CC1(C)C. The number of rotatable bonds is 6. The number of anilines is 2. The van der Waals surface area contributed by atoms with Gasteiger partial charge < -0.3 is 4.90 Å². The highest BCUT2D eigenvalue weighted by atomic mass is 16.6. The molecule has 1 aliphatic heterocycles. The lowest BCUT2D eigenvalue weighted by Gasteiger charge is -2.50. The van der Waals surface area contributed by atoms with Gasteiger partial charge in [0.2, 0.25) is 0 Å². The Morgan fingerprint density at radius 1 is 1.16 bits per heavy atom. The number of fused-ring (bicyclic) bond motifs is 1. The van der Waals surface area contributed by atoms with Crippen LogP contribution in [0.5, 0.6) is 0 Å². The number of nitro benzene ring substituents is 2. The second-order valence-electron chi connectivity index (χ2n) is 8.79. The topological polar surface area (TPSA) is 114 Å². The van der Waals surface area contributed by atoms with Gasteiger partial charge >= 0.3 is 5.69 Å². The van der Waals surface area contributed by atoms with Gasteiger partial charge in [-0.1, -0.05) is 13.0 Å². The summed E-state index contributed by atoms with van der Waals surface area (Å²) in [6, 6.07) is 9.94. The average Bonchev–Trinajstić information content (AvgIpc) is 2.67. The van der Waals surface area contributed by atoms with Gasteiger partial charge in [-0.05, 0) is 69.4 Å². The highest BCUT2D eigenvalue weighted by Gasteiger charge is 2.37. The number of hydrogen-bond donors (Lipinski definition) is 1. The number of non-ortho nitro benzene ring substituents is 1. The van der Waals surface area contributed by atoms with Crippen molar-refractivity contribution in [2.45, 2.75) is 58.5 Å². The third-order valence-electron chi connectivity index (χ3n) is 5.60. The summed E-state index contributed by atoms with van der Waals surface area (Å²) in [7, 11) is 0. The standard InChI is InChI=1S/C22H27N5O4/c1-14(2)25-20-9-6-16(10-18(20)15(3)12-22(25,4)5)13-23-24-19-8-7-17(26(28)29)11-21(19)27(30)31/h6-11,13-15,24H,12H2,1-5H3/b23-13-/t15-/m1/s1. The zero-order chi connectivity index (χ0) is 22.9. The Bertz CT molecular complexity index is 1050. The molecule has 0 aromatic heterocycles. The molecular formula is C22H27N5O4. The molecule has 2 aromatic carbocycles. The summed E-state index contributed by atoms with van der Waals surface area (Å²) in [5.41, 5.74) is 5.37. The van der Waals surface area contributed by atoms with Crippen molar-refractivity contribution in [3.63, 3.8) is 0 Å². The highest BCUT2D eigenvalue weighted by molar-refractivity contribution is 5.83. The molecule has 164 valence electrons. The van der Waals surface area contributed by atoms with Crippen LogP contribution in [0.15, 0.2) is 41.5 Å². The minimum absolute atomic E-state index is 0.0621. The van der Waals surface area contributed by atoms with Crippen molar-refractivity contribution >= 4 is 29.0 Å². The Kier molecular flexibility index (Phi) is 5.97. The predicted octanol–water partition coefficient (Wildman–Crippen LogP) is 5.45. The molecule has 0 aliphatic carbocycles. The van der Waals surface area contributed by atoms with Crippen molar-refractivity contribution in [3.05, 3.63) is 67.8 Å². The van der Waals surface area contributed by atoms with E-state index in [4.69, 9.17) is 0 Å². The minimum atomic E-state index is -0.673. The molecular weight excluding hydrogens is 398 g/mol. The van der Waals surface area contributed by atoms with E-state index in [-0.39, 0.29) is 16.9 Å². The van der Waals surface area contributed by atoms with Gasteiger partial charge in [0.05, 0.1) is 22.1 Å². The second kappa shape index (κ2) is 8.33. The number of benzene rings is 2. The Morgan fingerprint density at radius 3 is 2.48 bits per heavy atom. The van der Waals surface area contributed by atoms with Gasteiger partial charge in [0.25, 0.3) is 5.69 Å². The molecule has 0 saturated heterocycles. The van der Waals surface area contributed by atoms with Crippen molar-refractivity contribution < 1.29 is 9.85 Å². The number of nitrogens with zero attached hydrogens (tertiary/aromatic N) is 4. The maximum Gasteiger partial charge on any atom is 0.301 e. The van der Waals surface area contributed by atoms with Crippen LogP contribution in [0.2, 0.25) is 0 Å². The van der Waals surface area contributed by atoms with E-state index < -0.39 is 15.5 Å². The first-order valence-electron chi connectivity index (χ1n) is 10.2. The predicted molar refractivity (Wildman–Crippen MR) is 122 cm³/mol. The highest BCUT2D eigenvalue weighted by Crippen LogP contribution is 2.44. The van der Waals surface area contributed by atoms with Gasteiger partial charge in [0.1, 0.15) is 5.69 Å². The Hall–Kier alpha value is -3.49. The molecule has 0 spiro atoms.